The second-order valence-corrected chi connectivity index (χ2v) is 6.66. The lowest BCUT2D eigenvalue weighted by molar-refractivity contribution is -0.150. The van der Waals surface area contributed by atoms with Gasteiger partial charge in [0, 0.05) is 6.42 Å². The first-order valence-corrected chi connectivity index (χ1v) is 6.09. The molecule has 0 aromatic rings. The third-order valence-corrected chi connectivity index (χ3v) is 3.36. The van der Waals surface area contributed by atoms with Crippen LogP contribution < -0.4 is 0 Å². The Balaban J connectivity index is 5.24. The normalized spacial score (nSPS) is 16.9. The number of rotatable bonds is 4. The average Bonchev–Trinajstić information content (AvgIpc) is 2.23. The van der Waals surface area contributed by atoms with Gasteiger partial charge in [-0.25, -0.2) is 0 Å². The highest BCUT2D eigenvalue weighted by Crippen LogP contribution is 2.42. The van der Waals surface area contributed by atoms with Crippen molar-refractivity contribution in [3.05, 3.63) is 0 Å². The summed E-state index contributed by atoms with van der Waals surface area (Å²) in [7, 11) is 2.15. The van der Waals surface area contributed by atoms with Crippen molar-refractivity contribution in [3.63, 3.8) is 0 Å². The zero-order chi connectivity index (χ0) is 13.9. The molecule has 0 fully saturated rings. The topological polar surface area (TPSA) is 52.6 Å². The molecule has 0 saturated heterocycles. The standard InChI is InChI=1S/C8H9Cl5O4/c1-16-5(14)4(9)7(10,6(15)17-2)3-8(11,12)13/h4H,3H2,1-2H3. The van der Waals surface area contributed by atoms with Crippen LogP contribution in [0.5, 0.6) is 0 Å². The molecule has 0 N–H and O–H groups in total. The Morgan fingerprint density at radius 1 is 1.12 bits per heavy atom. The van der Waals surface area contributed by atoms with E-state index in [9.17, 15) is 9.59 Å². The van der Waals surface area contributed by atoms with Gasteiger partial charge in [0.1, 0.15) is 0 Å². The monoisotopic (exact) mass is 344 g/mol. The summed E-state index contributed by atoms with van der Waals surface area (Å²) < 4.78 is 6.94. The molecular formula is C8H9Cl5O4. The minimum Gasteiger partial charge on any atom is -0.468 e. The lowest BCUT2D eigenvalue weighted by Gasteiger charge is -2.29. The molecule has 0 aliphatic heterocycles. The first kappa shape index (κ1) is 17.4. The minimum absolute atomic E-state index is 0.512. The van der Waals surface area contributed by atoms with Crippen LogP contribution in [-0.2, 0) is 19.1 Å². The lowest BCUT2D eigenvalue weighted by atomic mass is 10.0. The third-order valence-electron chi connectivity index (χ3n) is 1.79. The maximum atomic E-state index is 11.6. The molecule has 0 radical (unpaired) electrons. The summed E-state index contributed by atoms with van der Waals surface area (Å²) in [6.07, 6.45) is -0.512. The Hall–Kier alpha value is 0.390. The predicted molar refractivity (Wildman–Crippen MR) is 67.2 cm³/mol. The molecule has 0 saturated carbocycles. The molecule has 2 unspecified atom stereocenters. The molecule has 100 valence electrons. The summed E-state index contributed by atoms with van der Waals surface area (Å²) in [4.78, 5) is 20.8. The van der Waals surface area contributed by atoms with E-state index in [1.807, 2.05) is 0 Å². The van der Waals surface area contributed by atoms with Crippen LogP contribution in [0, 0.1) is 0 Å². The molecule has 0 aromatic carbocycles. The largest absolute Gasteiger partial charge is 0.468 e. The Morgan fingerprint density at radius 3 is 1.88 bits per heavy atom. The van der Waals surface area contributed by atoms with Gasteiger partial charge >= 0.3 is 11.9 Å². The van der Waals surface area contributed by atoms with Crippen molar-refractivity contribution in [1.29, 1.82) is 0 Å². The van der Waals surface area contributed by atoms with Gasteiger partial charge in [-0.1, -0.05) is 34.8 Å². The van der Waals surface area contributed by atoms with Crippen molar-refractivity contribution < 1.29 is 19.1 Å². The fourth-order valence-corrected chi connectivity index (χ4v) is 2.48. The molecule has 0 bridgehead atoms. The number of alkyl halides is 5. The van der Waals surface area contributed by atoms with Crippen LogP contribution in [0.4, 0.5) is 0 Å². The number of hydrogen-bond acceptors (Lipinski definition) is 4. The van der Waals surface area contributed by atoms with Crippen molar-refractivity contribution in [3.8, 4) is 0 Å². The van der Waals surface area contributed by atoms with Gasteiger partial charge < -0.3 is 9.47 Å². The molecule has 0 amide bonds. The molecular weight excluding hydrogens is 337 g/mol. The van der Waals surface area contributed by atoms with Crippen LogP contribution in [0.2, 0.25) is 0 Å². The molecule has 0 rings (SSSR count). The van der Waals surface area contributed by atoms with E-state index in [0.29, 0.717) is 0 Å². The highest BCUT2D eigenvalue weighted by atomic mass is 35.6. The Bertz CT molecular complexity index is 303. The number of halogens is 5. The molecule has 17 heavy (non-hydrogen) atoms. The molecule has 9 heteroatoms. The lowest BCUT2D eigenvalue weighted by Crippen LogP contribution is -2.49. The SMILES string of the molecule is COC(=O)C(Cl)C(Cl)(CC(Cl)(Cl)Cl)C(=O)OC. The molecule has 0 aliphatic rings. The maximum Gasteiger partial charge on any atom is 0.329 e. The minimum atomic E-state index is -2.02. The van der Waals surface area contributed by atoms with E-state index in [1.165, 1.54) is 0 Å². The molecule has 0 aliphatic carbocycles. The predicted octanol–water partition coefficient (Wildman–Crippen LogP) is 2.68. The zero-order valence-electron chi connectivity index (χ0n) is 8.81. The van der Waals surface area contributed by atoms with Crippen LogP contribution in [0.15, 0.2) is 0 Å². The highest BCUT2D eigenvalue weighted by molar-refractivity contribution is 6.68. The summed E-state index contributed by atoms with van der Waals surface area (Å²) in [5, 5.41) is -1.54. The Labute approximate surface area is 123 Å². The Morgan fingerprint density at radius 2 is 1.59 bits per heavy atom. The Kier molecular flexibility index (Phi) is 6.68. The third kappa shape index (κ3) is 4.87. The molecule has 0 spiro atoms. The van der Waals surface area contributed by atoms with Crippen molar-refractivity contribution in [2.24, 2.45) is 0 Å². The van der Waals surface area contributed by atoms with E-state index < -0.39 is 32.4 Å². The average molecular weight is 346 g/mol. The summed E-state index contributed by atoms with van der Waals surface area (Å²) in [6, 6.07) is 0. The van der Waals surface area contributed by atoms with Gasteiger partial charge in [0.25, 0.3) is 0 Å². The van der Waals surface area contributed by atoms with Gasteiger partial charge in [0.2, 0.25) is 0 Å². The number of carbonyl (C=O) groups excluding carboxylic acids is 2. The van der Waals surface area contributed by atoms with Crippen molar-refractivity contribution in [2.75, 3.05) is 14.2 Å². The maximum absolute atomic E-state index is 11.6. The number of methoxy groups -OCH3 is 2. The van der Waals surface area contributed by atoms with Crippen LogP contribution >= 0.6 is 58.0 Å². The summed E-state index contributed by atoms with van der Waals surface area (Å²) in [5.74, 6) is -1.92. The highest BCUT2D eigenvalue weighted by Gasteiger charge is 2.53. The molecule has 2 atom stereocenters. The number of esters is 2. The van der Waals surface area contributed by atoms with E-state index in [1.54, 1.807) is 0 Å². The summed E-state index contributed by atoms with van der Waals surface area (Å²) >= 11 is 28.3. The molecule has 0 heterocycles. The fourth-order valence-electron chi connectivity index (χ4n) is 1.02. The van der Waals surface area contributed by atoms with Crippen molar-refractivity contribution >= 4 is 69.9 Å². The molecule has 4 nitrogen and oxygen atoms in total. The smallest absolute Gasteiger partial charge is 0.329 e. The van der Waals surface area contributed by atoms with E-state index in [0.717, 1.165) is 14.2 Å². The van der Waals surface area contributed by atoms with Gasteiger partial charge in [-0.3, -0.25) is 9.59 Å². The summed E-state index contributed by atoms with van der Waals surface area (Å²) in [6.45, 7) is 0. The van der Waals surface area contributed by atoms with Crippen LogP contribution in [0.25, 0.3) is 0 Å². The second-order valence-electron chi connectivity index (χ2n) is 3.03. The molecule has 0 aromatic heterocycles. The van der Waals surface area contributed by atoms with E-state index in [2.05, 4.69) is 9.47 Å². The second kappa shape index (κ2) is 6.53. The number of hydrogen-bond donors (Lipinski definition) is 0. The van der Waals surface area contributed by atoms with Gasteiger partial charge in [0.05, 0.1) is 14.2 Å². The first-order chi connectivity index (χ1) is 7.58. The summed E-state index contributed by atoms with van der Waals surface area (Å²) in [5.41, 5.74) is 0. The fraction of sp³-hybridized carbons (Fsp3) is 0.750. The van der Waals surface area contributed by atoms with Crippen LogP contribution in [0.3, 0.4) is 0 Å². The quantitative estimate of drug-likeness (QED) is 0.580. The van der Waals surface area contributed by atoms with Gasteiger partial charge in [-0.05, 0) is 0 Å². The van der Waals surface area contributed by atoms with Gasteiger partial charge in [-0.15, -0.1) is 23.2 Å². The van der Waals surface area contributed by atoms with Crippen molar-refractivity contribution in [1.82, 2.24) is 0 Å². The van der Waals surface area contributed by atoms with Crippen molar-refractivity contribution in [2.45, 2.75) is 20.5 Å². The van der Waals surface area contributed by atoms with E-state index >= 15 is 0 Å². The van der Waals surface area contributed by atoms with Crippen LogP contribution in [0.1, 0.15) is 6.42 Å². The van der Waals surface area contributed by atoms with Crippen LogP contribution in [-0.4, -0.2) is 40.2 Å². The van der Waals surface area contributed by atoms with Gasteiger partial charge in [-0.2, -0.15) is 0 Å². The van der Waals surface area contributed by atoms with E-state index in [-0.39, 0.29) is 0 Å². The first-order valence-electron chi connectivity index (χ1n) is 4.14. The van der Waals surface area contributed by atoms with Gasteiger partial charge in [0.15, 0.2) is 14.0 Å². The number of carbonyl (C=O) groups is 2. The zero-order valence-corrected chi connectivity index (χ0v) is 12.6. The number of ether oxygens (including phenoxy) is 2. The van der Waals surface area contributed by atoms with E-state index in [4.69, 9.17) is 58.0 Å².